The Hall–Kier alpha value is -3.25. The number of aromatic carboxylic acids is 1. The molecular formula is C23H21ClFNO4. The Bertz CT molecular complexity index is 1070. The van der Waals surface area contributed by atoms with Crippen LogP contribution in [0, 0.1) is 12.7 Å². The highest BCUT2D eigenvalue weighted by atomic mass is 35.5. The summed E-state index contributed by atoms with van der Waals surface area (Å²) in [7, 11) is 1.50. The second-order valence-corrected chi connectivity index (χ2v) is 7.08. The van der Waals surface area contributed by atoms with Gasteiger partial charge < -0.3 is 19.9 Å². The van der Waals surface area contributed by atoms with Gasteiger partial charge in [0, 0.05) is 17.8 Å². The molecule has 0 radical (unpaired) electrons. The Morgan fingerprint density at radius 1 is 1.17 bits per heavy atom. The van der Waals surface area contributed by atoms with Crippen molar-refractivity contribution in [2.45, 2.75) is 20.1 Å². The van der Waals surface area contributed by atoms with Crippen LogP contribution in [0.25, 0.3) is 0 Å². The van der Waals surface area contributed by atoms with Crippen LogP contribution in [0.5, 0.6) is 11.5 Å². The van der Waals surface area contributed by atoms with Crippen LogP contribution in [0.1, 0.15) is 27.0 Å². The molecule has 0 spiro atoms. The van der Waals surface area contributed by atoms with E-state index in [0.29, 0.717) is 34.3 Å². The van der Waals surface area contributed by atoms with E-state index in [-0.39, 0.29) is 18.0 Å². The third-order valence-corrected chi connectivity index (χ3v) is 4.87. The van der Waals surface area contributed by atoms with E-state index < -0.39 is 5.97 Å². The number of anilines is 1. The van der Waals surface area contributed by atoms with Crippen molar-refractivity contribution in [1.82, 2.24) is 0 Å². The molecular weight excluding hydrogens is 409 g/mol. The van der Waals surface area contributed by atoms with Crippen LogP contribution in [0.2, 0.25) is 5.02 Å². The molecule has 0 aliphatic heterocycles. The van der Waals surface area contributed by atoms with Gasteiger partial charge in [-0.05, 0) is 48.4 Å². The maximum Gasteiger partial charge on any atom is 0.335 e. The summed E-state index contributed by atoms with van der Waals surface area (Å²) in [6.07, 6.45) is 0. The summed E-state index contributed by atoms with van der Waals surface area (Å²) in [5.74, 6) is -0.589. The smallest absolute Gasteiger partial charge is 0.335 e. The number of aryl methyl sites for hydroxylation is 1. The molecule has 2 N–H and O–H groups in total. The van der Waals surface area contributed by atoms with E-state index in [0.717, 1.165) is 11.1 Å². The number of ether oxygens (including phenoxy) is 2. The summed E-state index contributed by atoms with van der Waals surface area (Å²) in [5.41, 5.74) is 3.06. The molecule has 0 saturated heterocycles. The highest BCUT2D eigenvalue weighted by Gasteiger charge is 2.14. The van der Waals surface area contributed by atoms with Crippen molar-refractivity contribution < 1.29 is 23.8 Å². The van der Waals surface area contributed by atoms with Gasteiger partial charge in [0.05, 0.1) is 17.7 Å². The number of methoxy groups -OCH3 is 1. The maximum absolute atomic E-state index is 13.8. The molecule has 3 rings (SSSR count). The van der Waals surface area contributed by atoms with Crippen LogP contribution >= 0.6 is 11.6 Å². The van der Waals surface area contributed by atoms with Crippen molar-refractivity contribution in [2.75, 3.05) is 12.4 Å². The Morgan fingerprint density at radius 3 is 2.63 bits per heavy atom. The fraction of sp³-hybridized carbons (Fsp3) is 0.174. The number of carboxylic acids is 1. The summed E-state index contributed by atoms with van der Waals surface area (Å²) in [6.45, 7) is 2.30. The molecule has 0 unspecified atom stereocenters. The minimum atomic E-state index is -0.987. The van der Waals surface area contributed by atoms with E-state index >= 15 is 0 Å². The number of carbonyl (C=O) groups is 1. The second kappa shape index (κ2) is 9.50. The summed E-state index contributed by atoms with van der Waals surface area (Å²) in [4.78, 5) is 11.2. The van der Waals surface area contributed by atoms with Crippen LogP contribution in [0.4, 0.5) is 10.1 Å². The first-order valence-electron chi connectivity index (χ1n) is 9.19. The standard InChI is InChI=1S/C23H21ClFNO4/c1-14-7-8-16(23(27)28)11-20(14)26-12-15-9-18(24)22(21(10-15)29-2)30-13-17-5-3-4-6-19(17)25/h3-11,26H,12-13H2,1-2H3,(H,27,28). The van der Waals surface area contributed by atoms with E-state index in [1.165, 1.54) is 13.2 Å². The van der Waals surface area contributed by atoms with E-state index in [1.54, 1.807) is 48.5 Å². The zero-order valence-corrected chi connectivity index (χ0v) is 17.3. The van der Waals surface area contributed by atoms with E-state index in [4.69, 9.17) is 21.1 Å². The predicted molar refractivity (Wildman–Crippen MR) is 114 cm³/mol. The minimum Gasteiger partial charge on any atom is -0.493 e. The zero-order chi connectivity index (χ0) is 21.7. The lowest BCUT2D eigenvalue weighted by Gasteiger charge is -2.16. The van der Waals surface area contributed by atoms with E-state index in [1.807, 2.05) is 6.92 Å². The van der Waals surface area contributed by atoms with Crippen molar-refractivity contribution in [3.63, 3.8) is 0 Å². The molecule has 3 aromatic rings. The Labute approximate surface area is 179 Å². The molecule has 0 fully saturated rings. The first-order chi connectivity index (χ1) is 14.4. The Morgan fingerprint density at radius 2 is 1.93 bits per heavy atom. The van der Waals surface area contributed by atoms with Crippen LogP contribution in [0.15, 0.2) is 54.6 Å². The summed E-state index contributed by atoms with van der Waals surface area (Å²) < 4.78 is 24.9. The molecule has 0 aliphatic rings. The third-order valence-electron chi connectivity index (χ3n) is 4.59. The summed E-state index contributed by atoms with van der Waals surface area (Å²) in [5, 5.41) is 12.7. The zero-order valence-electron chi connectivity index (χ0n) is 16.5. The number of nitrogens with one attached hydrogen (secondary N) is 1. The van der Waals surface area contributed by atoms with Crippen LogP contribution in [0.3, 0.4) is 0 Å². The summed E-state index contributed by atoms with van der Waals surface area (Å²) >= 11 is 6.39. The SMILES string of the molecule is COc1cc(CNc2cc(C(=O)O)ccc2C)cc(Cl)c1OCc1ccccc1F. The molecule has 7 heteroatoms. The van der Waals surface area contributed by atoms with Crippen molar-refractivity contribution in [1.29, 1.82) is 0 Å². The van der Waals surface area contributed by atoms with E-state index in [9.17, 15) is 14.3 Å². The molecule has 156 valence electrons. The molecule has 0 atom stereocenters. The molecule has 0 saturated carbocycles. The number of hydrogen-bond donors (Lipinski definition) is 2. The van der Waals surface area contributed by atoms with Crippen molar-refractivity contribution in [2.24, 2.45) is 0 Å². The Kier molecular flexibility index (Phi) is 6.79. The molecule has 5 nitrogen and oxygen atoms in total. The van der Waals surface area contributed by atoms with Gasteiger partial charge in [-0.1, -0.05) is 35.9 Å². The van der Waals surface area contributed by atoms with Crippen LogP contribution in [-0.4, -0.2) is 18.2 Å². The average Bonchev–Trinajstić information content (AvgIpc) is 2.72. The largest absolute Gasteiger partial charge is 0.493 e. The van der Waals surface area contributed by atoms with Gasteiger partial charge in [0.1, 0.15) is 12.4 Å². The van der Waals surface area contributed by atoms with Gasteiger partial charge in [0.2, 0.25) is 0 Å². The first kappa shape index (κ1) is 21.5. The van der Waals surface area contributed by atoms with Gasteiger partial charge in [-0.2, -0.15) is 0 Å². The number of benzene rings is 3. The van der Waals surface area contributed by atoms with Gasteiger partial charge in [0.15, 0.2) is 11.5 Å². The molecule has 0 amide bonds. The topological polar surface area (TPSA) is 67.8 Å². The molecule has 30 heavy (non-hydrogen) atoms. The predicted octanol–water partition coefficient (Wildman–Crippen LogP) is 5.69. The normalized spacial score (nSPS) is 10.5. The van der Waals surface area contributed by atoms with Gasteiger partial charge >= 0.3 is 5.97 Å². The minimum absolute atomic E-state index is 0.0154. The van der Waals surface area contributed by atoms with Crippen molar-refractivity contribution >= 4 is 23.3 Å². The highest BCUT2D eigenvalue weighted by molar-refractivity contribution is 6.32. The quantitative estimate of drug-likeness (QED) is 0.481. The van der Waals surface area contributed by atoms with Crippen LogP contribution < -0.4 is 14.8 Å². The molecule has 3 aromatic carbocycles. The lowest BCUT2D eigenvalue weighted by Crippen LogP contribution is -2.05. The van der Waals surface area contributed by atoms with Crippen molar-refractivity contribution in [3.05, 3.63) is 87.7 Å². The van der Waals surface area contributed by atoms with Crippen molar-refractivity contribution in [3.8, 4) is 11.5 Å². The number of rotatable bonds is 8. The molecule has 0 heterocycles. The van der Waals surface area contributed by atoms with Crippen LogP contribution in [-0.2, 0) is 13.2 Å². The summed E-state index contributed by atoms with van der Waals surface area (Å²) in [6, 6.07) is 14.7. The number of halogens is 2. The lowest BCUT2D eigenvalue weighted by atomic mass is 10.1. The van der Waals surface area contributed by atoms with E-state index in [2.05, 4.69) is 5.32 Å². The molecule has 0 aromatic heterocycles. The molecule has 0 bridgehead atoms. The van der Waals surface area contributed by atoms with Gasteiger partial charge in [-0.15, -0.1) is 0 Å². The van der Waals surface area contributed by atoms with Gasteiger partial charge in [-0.25, -0.2) is 9.18 Å². The number of carboxylic acid groups (broad SMARTS) is 1. The monoisotopic (exact) mass is 429 g/mol. The lowest BCUT2D eigenvalue weighted by molar-refractivity contribution is 0.0697. The third kappa shape index (κ3) is 5.02. The fourth-order valence-electron chi connectivity index (χ4n) is 2.92. The average molecular weight is 430 g/mol. The van der Waals surface area contributed by atoms with Gasteiger partial charge in [0.25, 0.3) is 0 Å². The highest BCUT2D eigenvalue weighted by Crippen LogP contribution is 2.37. The maximum atomic E-state index is 13.8. The molecule has 0 aliphatic carbocycles. The first-order valence-corrected chi connectivity index (χ1v) is 9.57. The second-order valence-electron chi connectivity index (χ2n) is 6.68. The Balaban J connectivity index is 1.76. The fourth-order valence-corrected chi connectivity index (χ4v) is 3.21. The number of hydrogen-bond acceptors (Lipinski definition) is 4. The van der Waals surface area contributed by atoms with Gasteiger partial charge in [-0.3, -0.25) is 0 Å².